The lowest BCUT2D eigenvalue weighted by Gasteiger charge is -2.22. The van der Waals surface area contributed by atoms with Crippen molar-refractivity contribution in [3.63, 3.8) is 0 Å². The summed E-state index contributed by atoms with van der Waals surface area (Å²) in [4.78, 5) is 13.3. The molecule has 0 radical (unpaired) electrons. The first kappa shape index (κ1) is 23.6. The molecule has 4 aromatic rings. The van der Waals surface area contributed by atoms with E-state index < -0.39 is 7.92 Å². The first-order chi connectivity index (χ1) is 16.9. The normalized spacial score (nSPS) is 18.6. The van der Waals surface area contributed by atoms with Crippen molar-refractivity contribution in [3.8, 4) is 11.3 Å². The Morgan fingerprint density at radius 2 is 1.97 bits per heavy atom. The van der Waals surface area contributed by atoms with Gasteiger partial charge in [0.1, 0.15) is 5.82 Å². The molecule has 1 aliphatic rings. The number of hydrogen-bond donors (Lipinski definition) is 2. The van der Waals surface area contributed by atoms with Gasteiger partial charge in [0.05, 0.1) is 24.0 Å². The van der Waals surface area contributed by atoms with E-state index in [-0.39, 0.29) is 11.6 Å². The molecule has 2 aromatic carbocycles. The summed E-state index contributed by atoms with van der Waals surface area (Å²) >= 11 is 0. The van der Waals surface area contributed by atoms with Gasteiger partial charge in [-0.25, -0.2) is 20.2 Å². The maximum absolute atomic E-state index is 15.2. The lowest BCUT2D eigenvalue weighted by Crippen LogP contribution is -2.32. The molecule has 4 N–H and O–H groups in total. The fraction of sp³-hybridized carbons (Fsp3) is 0.296. The minimum absolute atomic E-state index is 0.176. The summed E-state index contributed by atoms with van der Waals surface area (Å²) in [6, 6.07) is 15.3. The zero-order valence-corrected chi connectivity index (χ0v) is 20.9. The molecule has 35 heavy (non-hydrogen) atoms. The second-order valence-electron chi connectivity index (χ2n) is 9.47. The first-order valence-electron chi connectivity index (χ1n) is 11.9. The van der Waals surface area contributed by atoms with E-state index in [2.05, 4.69) is 28.5 Å². The molecule has 8 heteroatoms. The van der Waals surface area contributed by atoms with E-state index in [1.165, 1.54) is 24.3 Å². The number of pyridine rings is 1. The highest BCUT2D eigenvalue weighted by Gasteiger charge is 2.28. The Morgan fingerprint density at radius 1 is 1.11 bits per heavy atom. The first-order valence-corrected chi connectivity index (χ1v) is 13.8. The zero-order valence-electron chi connectivity index (χ0n) is 20.0. The number of benzene rings is 2. The van der Waals surface area contributed by atoms with Crippen LogP contribution in [0, 0.1) is 11.7 Å². The van der Waals surface area contributed by atoms with E-state index in [1.54, 1.807) is 18.5 Å². The van der Waals surface area contributed by atoms with Gasteiger partial charge in [-0.15, -0.1) is 0 Å². The SMILES string of the molecule is CC1CCC(P(C)c2ccc(-c3cnc(N)c(N(N)Cc4ccc5ncccc5c4)n3)cc2F)C1. The van der Waals surface area contributed by atoms with E-state index >= 15 is 4.39 Å². The number of rotatable bonds is 6. The van der Waals surface area contributed by atoms with Gasteiger partial charge in [-0.2, -0.15) is 0 Å². The molecular weight excluding hydrogens is 458 g/mol. The van der Waals surface area contributed by atoms with Gasteiger partial charge < -0.3 is 5.73 Å². The van der Waals surface area contributed by atoms with Crippen LogP contribution in [-0.4, -0.2) is 27.3 Å². The Labute approximate surface area is 206 Å². The summed E-state index contributed by atoms with van der Waals surface area (Å²) in [6.45, 7) is 4.88. The molecular formula is C27H30FN6P. The number of halogens is 1. The van der Waals surface area contributed by atoms with E-state index in [0.29, 0.717) is 29.3 Å². The van der Waals surface area contributed by atoms with Gasteiger partial charge in [0.15, 0.2) is 11.6 Å². The van der Waals surface area contributed by atoms with Crippen LogP contribution in [0.25, 0.3) is 22.2 Å². The topological polar surface area (TPSA) is 94.0 Å². The average Bonchev–Trinajstić information content (AvgIpc) is 3.30. The van der Waals surface area contributed by atoms with Crippen LogP contribution in [-0.2, 0) is 6.54 Å². The predicted octanol–water partition coefficient (Wildman–Crippen LogP) is 5.22. The summed E-state index contributed by atoms with van der Waals surface area (Å²) in [5.41, 5.74) is 9.82. The van der Waals surface area contributed by atoms with Crippen LogP contribution in [0.5, 0.6) is 0 Å². The van der Waals surface area contributed by atoms with Crippen LogP contribution in [0.1, 0.15) is 31.7 Å². The highest BCUT2D eigenvalue weighted by Crippen LogP contribution is 2.47. The van der Waals surface area contributed by atoms with Gasteiger partial charge in [0.2, 0.25) is 0 Å². The third-order valence-corrected chi connectivity index (χ3v) is 9.60. The number of nitrogen functional groups attached to an aromatic ring is 1. The third-order valence-electron chi connectivity index (χ3n) is 6.91. The lowest BCUT2D eigenvalue weighted by atomic mass is 10.1. The molecule has 2 aromatic heterocycles. The van der Waals surface area contributed by atoms with E-state index in [1.807, 2.05) is 42.5 Å². The minimum Gasteiger partial charge on any atom is -0.381 e. The van der Waals surface area contributed by atoms with Crippen molar-refractivity contribution in [1.82, 2.24) is 15.0 Å². The van der Waals surface area contributed by atoms with Crippen LogP contribution in [0.4, 0.5) is 16.0 Å². The Hall–Kier alpha value is -3.15. The van der Waals surface area contributed by atoms with Crippen LogP contribution in [0.2, 0.25) is 0 Å². The van der Waals surface area contributed by atoms with Crippen molar-refractivity contribution in [2.24, 2.45) is 11.8 Å². The maximum Gasteiger partial charge on any atom is 0.186 e. The molecule has 180 valence electrons. The Morgan fingerprint density at radius 3 is 2.74 bits per heavy atom. The van der Waals surface area contributed by atoms with Crippen molar-refractivity contribution in [2.45, 2.75) is 38.4 Å². The maximum atomic E-state index is 15.2. The van der Waals surface area contributed by atoms with Crippen LogP contribution in [0.3, 0.4) is 0 Å². The van der Waals surface area contributed by atoms with Crippen LogP contribution < -0.4 is 21.9 Å². The molecule has 3 atom stereocenters. The van der Waals surface area contributed by atoms with Crippen molar-refractivity contribution >= 4 is 35.8 Å². The molecule has 0 aliphatic heterocycles. The number of nitrogens with zero attached hydrogens (tertiary/aromatic N) is 4. The zero-order chi connectivity index (χ0) is 24.5. The molecule has 1 fully saturated rings. The van der Waals surface area contributed by atoms with Gasteiger partial charge in [-0.3, -0.25) is 9.99 Å². The largest absolute Gasteiger partial charge is 0.381 e. The van der Waals surface area contributed by atoms with Gasteiger partial charge in [-0.05, 0) is 60.9 Å². The van der Waals surface area contributed by atoms with E-state index in [9.17, 15) is 0 Å². The van der Waals surface area contributed by atoms with Gasteiger partial charge in [-0.1, -0.05) is 45.5 Å². The Balaban J connectivity index is 1.37. The molecule has 0 amide bonds. The number of anilines is 2. The highest BCUT2D eigenvalue weighted by molar-refractivity contribution is 7.65. The average molecular weight is 489 g/mol. The van der Waals surface area contributed by atoms with Gasteiger partial charge in [0.25, 0.3) is 0 Å². The molecule has 0 spiro atoms. The molecule has 1 saturated carbocycles. The fourth-order valence-corrected chi connectivity index (χ4v) is 7.23. The highest BCUT2D eigenvalue weighted by atomic mass is 31.1. The monoisotopic (exact) mass is 488 g/mol. The second-order valence-corrected chi connectivity index (χ2v) is 11.9. The fourth-order valence-electron chi connectivity index (χ4n) is 4.91. The molecule has 3 unspecified atom stereocenters. The van der Waals surface area contributed by atoms with Crippen molar-refractivity contribution in [3.05, 3.63) is 72.3 Å². The van der Waals surface area contributed by atoms with Crippen molar-refractivity contribution in [1.29, 1.82) is 0 Å². The summed E-state index contributed by atoms with van der Waals surface area (Å²) in [6.07, 6.45) is 6.96. The number of hydrazine groups is 1. The van der Waals surface area contributed by atoms with Crippen molar-refractivity contribution in [2.75, 3.05) is 17.4 Å². The van der Waals surface area contributed by atoms with Crippen LogP contribution in [0.15, 0.2) is 60.9 Å². The lowest BCUT2D eigenvalue weighted by molar-refractivity contribution is 0.613. The summed E-state index contributed by atoms with van der Waals surface area (Å²) < 4.78 is 15.2. The molecule has 5 rings (SSSR count). The quantitative estimate of drug-likeness (QED) is 0.220. The van der Waals surface area contributed by atoms with E-state index in [4.69, 9.17) is 11.6 Å². The summed E-state index contributed by atoms with van der Waals surface area (Å²) in [5, 5.41) is 3.34. The predicted molar refractivity (Wildman–Crippen MR) is 143 cm³/mol. The molecule has 0 bridgehead atoms. The number of fused-ring (bicyclic) bond motifs is 1. The van der Waals surface area contributed by atoms with Gasteiger partial charge in [0, 0.05) is 22.5 Å². The van der Waals surface area contributed by atoms with Gasteiger partial charge >= 0.3 is 0 Å². The summed E-state index contributed by atoms with van der Waals surface area (Å²) in [5.74, 6) is 7.50. The molecule has 6 nitrogen and oxygen atoms in total. The number of hydrogen-bond acceptors (Lipinski definition) is 6. The molecule has 2 heterocycles. The number of aromatic nitrogens is 3. The summed E-state index contributed by atoms with van der Waals surface area (Å²) in [7, 11) is -0.532. The Kier molecular flexibility index (Phi) is 6.63. The number of nitrogens with two attached hydrogens (primary N) is 2. The van der Waals surface area contributed by atoms with Crippen molar-refractivity contribution < 1.29 is 4.39 Å². The molecule has 0 saturated heterocycles. The smallest absolute Gasteiger partial charge is 0.186 e. The standard InChI is InChI=1S/C27H30FN6P/c1-17-5-8-21(12-17)35(2)25-10-7-20(14-22(25)28)24-15-32-26(29)27(33-24)34(30)16-18-6-9-23-19(13-18)4-3-11-31-23/h3-4,6-7,9-11,13-15,17,21H,5,8,12,16,30H2,1-2H3,(H2,29,32). The Bertz CT molecular complexity index is 1360. The van der Waals surface area contributed by atoms with Crippen LogP contribution >= 0.6 is 7.92 Å². The molecule has 1 aliphatic carbocycles. The van der Waals surface area contributed by atoms with E-state index in [0.717, 1.165) is 27.7 Å². The minimum atomic E-state index is -0.532. The second kappa shape index (κ2) is 9.84. The third kappa shape index (κ3) is 4.97.